The van der Waals surface area contributed by atoms with Crippen LogP contribution in [0.25, 0.3) is 0 Å². The normalized spacial score (nSPS) is 20.4. The largest absolute Gasteiger partial charge is 0.335 e. The molecule has 1 aliphatic rings. The van der Waals surface area contributed by atoms with Gasteiger partial charge in [0.2, 0.25) is 0 Å². The molecule has 0 aromatic heterocycles. The second-order valence-electron chi connectivity index (χ2n) is 5.42. The number of carbonyl (C=O) groups is 1. The monoisotopic (exact) mass is 313 g/mol. The Morgan fingerprint density at radius 3 is 2.76 bits per heavy atom. The molecule has 2 rings (SSSR count). The van der Waals surface area contributed by atoms with Crippen molar-refractivity contribution in [3.8, 4) is 0 Å². The zero-order chi connectivity index (χ0) is 15.5. The van der Waals surface area contributed by atoms with E-state index in [1.807, 2.05) is 6.92 Å². The molecule has 4 nitrogen and oxygen atoms in total. The number of carbonyl (C=O) groups excluding carboxylic acids is 1. The van der Waals surface area contributed by atoms with E-state index in [2.05, 4.69) is 0 Å². The SMILES string of the molecule is CCCCN(C(=O)c1cccc(F)c1)[C@@H]1CCS(=O)(=O)C1. The Bertz CT molecular complexity index is 615. The third kappa shape index (κ3) is 4.03. The first kappa shape index (κ1) is 15.9. The standard InChI is InChI=1S/C15H20FNO3S/c1-2-3-8-17(14-7-9-21(19,20)11-14)15(18)12-5-4-6-13(16)10-12/h4-6,10,14H,2-3,7-9,11H2,1H3/t14-/m1/s1. The first-order valence-electron chi connectivity index (χ1n) is 7.20. The summed E-state index contributed by atoms with van der Waals surface area (Å²) in [4.78, 5) is 14.2. The molecule has 0 aliphatic carbocycles. The van der Waals surface area contributed by atoms with Crippen molar-refractivity contribution in [1.82, 2.24) is 4.90 Å². The number of amides is 1. The number of hydrogen-bond acceptors (Lipinski definition) is 3. The van der Waals surface area contributed by atoms with Crippen molar-refractivity contribution in [1.29, 1.82) is 0 Å². The molecule has 0 spiro atoms. The topological polar surface area (TPSA) is 54.5 Å². The number of halogens is 1. The average Bonchev–Trinajstić information content (AvgIpc) is 2.79. The fourth-order valence-corrected chi connectivity index (χ4v) is 4.32. The molecule has 1 amide bonds. The number of nitrogens with zero attached hydrogens (tertiary/aromatic N) is 1. The molecule has 6 heteroatoms. The van der Waals surface area contributed by atoms with Crippen LogP contribution in [0.15, 0.2) is 24.3 Å². The van der Waals surface area contributed by atoms with E-state index >= 15 is 0 Å². The summed E-state index contributed by atoms with van der Waals surface area (Å²) >= 11 is 0. The van der Waals surface area contributed by atoms with Crippen LogP contribution >= 0.6 is 0 Å². The van der Waals surface area contributed by atoms with Crippen LogP contribution in [0.4, 0.5) is 4.39 Å². The van der Waals surface area contributed by atoms with Crippen molar-refractivity contribution in [2.24, 2.45) is 0 Å². The van der Waals surface area contributed by atoms with E-state index in [-0.39, 0.29) is 29.0 Å². The smallest absolute Gasteiger partial charge is 0.254 e. The second kappa shape index (κ2) is 6.56. The van der Waals surface area contributed by atoms with E-state index in [0.717, 1.165) is 12.8 Å². The molecular weight excluding hydrogens is 293 g/mol. The molecule has 0 bridgehead atoms. The number of sulfone groups is 1. The molecule has 1 aromatic carbocycles. The zero-order valence-corrected chi connectivity index (χ0v) is 12.9. The molecule has 0 radical (unpaired) electrons. The van der Waals surface area contributed by atoms with Gasteiger partial charge in [0.1, 0.15) is 5.82 Å². The highest BCUT2D eigenvalue weighted by atomic mass is 32.2. The molecule has 0 saturated carbocycles. The Kier molecular flexibility index (Phi) is 4.98. The van der Waals surface area contributed by atoms with E-state index in [4.69, 9.17) is 0 Å². The van der Waals surface area contributed by atoms with E-state index in [1.165, 1.54) is 18.2 Å². The summed E-state index contributed by atoms with van der Waals surface area (Å²) in [7, 11) is -3.06. The van der Waals surface area contributed by atoms with Gasteiger partial charge >= 0.3 is 0 Å². The van der Waals surface area contributed by atoms with Crippen LogP contribution in [0.1, 0.15) is 36.5 Å². The molecule has 1 atom stereocenters. The second-order valence-corrected chi connectivity index (χ2v) is 7.65. The zero-order valence-electron chi connectivity index (χ0n) is 12.1. The van der Waals surface area contributed by atoms with Gasteiger partial charge in [-0.05, 0) is 31.0 Å². The first-order valence-corrected chi connectivity index (χ1v) is 9.02. The van der Waals surface area contributed by atoms with E-state index in [1.54, 1.807) is 11.0 Å². The lowest BCUT2D eigenvalue weighted by molar-refractivity contribution is 0.0693. The minimum atomic E-state index is -3.06. The average molecular weight is 313 g/mol. The van der Waals surface area contributed by atoms with Gasteiger partial charge in [0.25, 0.3) is 5.91 Å². The summed E-state index contributed by atoms with van der Waals surface area (Å²) in [5, 5.41) is 0. The lowest BCUT2D eigenvalue weighted by Gasteiger charge is -2.28. The Balaban J connectivity index is 2.21. The molecule has 1 aliphatic heterocycles. The lowest BCUT2D eigenvalue weighted by Crippen LogP contribution is -2.41. The number of benzene rings is 1. The van der Waals surface area contributed by atoms with Crippen molar-refractivity contribution in [3.63, 3.8) is 0 Å². The van der Waals surface area contributed by atoms with Crippen LogP contribution in [0.5, 0.6) is 0 Å². The van der Waals surface area contributed by atoms with Crippen LogP contribution in [-0.4, -0.2) is 43.3 Å². The van der Waals surface area contributed by atoms with Crippen LogP contribution in [0.3, 0.4) is 0 Å². The summed E-state index contributed by atoms with van der Waals surface area (Å²) < 4.78 is 36.5. The van der Waals surface area contributed by atoms with Gasteiger partial charge in [0.05, 0.1) is 11.5 Å². The van der Waals surface area contributed by atoms with Crippen LogP contribution in [0.2, 0.25) is 0 Å². The Labute approximate surface area is 124 Å². The number of unbranched alkanes of at least 4 members (excludes halogenated alkanes) is 1. The highest BCUT2D eigenvalue weighted by molar-refractivity contribution is 7.91. The highest BCUT2D eigenvalue weighted by Gasteiger charge is 2.34. The summed E-state index contributed by atoms with van der Waals surface area (Å²) in [6.07, 6.45) is 2.18. The predicted octanol–water partition coefficient (Wildman–Crippen LogP) is 2.26. The summed E-state index contributed by atoms with van der Waals surface area (Å²) in [6, 6.07) is 5.25. The minimum Gasteiger partial charge on any atom is -0.335 e. The van der Waals surface area contributed by atoms with Crippen molar-refractivity contribution in [2.75, 3.05) is 18.1 Å². The molecule has 21 heavy (non-hydrogen) atoms. The van der Waals surface area contributed by atoms with E-state index in [9.17, 15) is 17.6 Å². The van der Waals surface area contributed by atoms with E-state index < -0.39 is 15.7 Å². The Hall–Kier alpha value is -1.43. The summed E-state index contributed by atoms with van der Waals surface area (Å²) in [5.74, 6) is -0.616. The maximum Gasteiger partial charge on any atom is 0.254 e. The molecule has 1 saturated heterocycles. The molecule has 116 valence electrons. The summed E-state index contributed by atoms with van der Waals surface area (Å²) in [5.41, 5.74) is 0.274. The Morgan fingerprint density at radius 2 is 2.19 bits per heavy atom. The number of hydrogen-bond donors (Lipinski definition) is 0. The molecule has 1 fully saturated rings. The molecular formula is C15H20FNO3S. The van der Waals surface area contributed by atoms with Gasteiger partial charge < -0.3 is 4.90 Å². The van der Waals surface area contributed by atoms with Gasteiger partial charge in [-0.15, -0.1) is 0 Å². The van der Waals surface area contributed by atoms with Crippen LogP contribution in [0, 0.1) is 5.82 Å². The fraction of sp³-hybridized carbons (Fsp3) is 0.533. The van der Waals surface area contributed by atoms with E-state index in [0.29, 0.717) is 13.0 Å². The molecule has 1 heterocycles. The van der Waals surface area contributed by atoms with Crippen molar-refractivity contribution >= 4 is 15.7 Å². The third-order valence-corrected chi connectivity index (χ3v) is 5.48. The Morgan fingerprint density at radius 1 is 1.43 bits per heavy atom. The first-order chi connectivity index (χ1) is 9.93. The fourth-order valence-electron chi connectivity index (χ4n) is 2.59. The van der Waals surface area contributed by atoms with Gasteiger partial charge in [0.15, 0.2) is 9.84 Å². The molecule has 0 N–H and O–H groups in total. The summed E-state index contributed by atoms with van der Waals surface area (Å²) in [6.45, 7) is 2.52. The van der Waals surface area contributed by atoms with Gasteiger partial charge in [-0.1, -0.05) is 19.4 Å². The van der Waals surface area contributed by atoms with Crippen molar-refractivity contribution in [3.05, 3.63) is 35.6 Å². The van der Waals surface area contributed by atoms with Gasteiger partial charge in [-0.2, -0.15) is 0 Å². The van der Waals surface area contributed by atoms with Crippen LogP contribution in [-0.2, 0) is 9.84 Å². The van der Waals surface area contributed by atoms with Gasteiger partial charge in [-0.3, -0.25) is 4.79 Å². The quantitative estimate of drug-likeness (QED) is 0.838. The van der Waals surface area contributed by atoms with Crippen molar-refractivity contribution in [2.45, 2.75) is 32.2 Å². The number of rotatable bonds is 5. The maximum atomic E-state index is 13.3. The van der Waals surface area contributed by atoms with Gasteiger partial charge in [0, 0.05) is 18.2 Å². The predicted molar refractivity (Wildman–Crippen MR) is 79.4 cm³/mol. The van der Waals surface area contributed by atoms with Crippen LogP contribution < -0.4 is 0 Å². The minimum absolute atomic E-state index is 0.0117. The molecule has 0 unspecified atom stereocenters. The van der Waals surface area contributed by atoms with Gasteiger partial charge in [-0.25, -0.2) is 12.8 Å². The highest BCUT2D eigenvalue weighted by Crippen LogP contribution is 2.21. The maximum absolute atomic E-state index is 13.3. The molecule has 1 aromatic rings. The van der Waals surface area contributed by atoms with Crippen molar-refractivity contribution < 1.29 is 17.6 Å². The third-order valence-electron chi connectivity index (χ3n) is 3.73. The lowest BCUT2D eigenvalue weighted by atomic mass is 10.1.